The van der Waals surface area contributed by atoms with Gasteiger partial charge in [-0.25, -0.2) is 22.0 Å². The zero-order valence-corrected chi connectivity index (χ0v) is 12.9. The van der Waals surface area contributed by atoms with Crippen molar-refractivity contribution >= 4 is 37.1 Å². The number of rotatable bonds is 4. The Bertz CT molecular complexity index is 720. The van der Waals surface area contributed by atoms with Gasteiger partial charge in [0.1, 0.15) is 4.21 Å². The first kappa shape index (κ1) is 15.4. The largest absolute Gasteiger partial charge is 0.351 e. The fourth-order valence-corrected chi connectivity index (χ4v) is 5.33. The number of carbonyl (C=O) groups excluding carboxylic acids is 1. The summed E-state index contributed by atoms with van der Waals surface area (Å²) in [5, 5.41) is 8.29. The van der Waals surface area contributed by atoms with Crippen LogP contribution in [0.15, 0.2) is 15.7 Å². The maximum Gasteiger partial charge on any atom is 0.252 e. The smallest absolute Gasteiger partial charge is 0.252 e. The number of hydrogen-bond donors (Lipinski definition) is 2. The van der Waals surface area contributed by atoms with Gasteiger partial charge in [0.25, 0.3) is 5.91 Å². The van der Waals surface area contributed by atoms with Gasteiger partial charge in [0, 0.05) is 11.9 Å². The third-order valence-corrected chi connectivity index (χ3v) is 7.73. The molecule has 2 heterocycles. The molecule has 1 aromatic rings. The molecule has 1 atom stereocenters. The fraction of sp³-hybridized carbons (Fsp3) is 0.500. The highest BCUT2D eigenvalue weighted by Crippen LogP contribution is 2.20. The summed E-state index contributed by atoms with van der Waals surface area (Å²) in [5.74, 6) is -0.347. The van der Waals surface area contributed by atoms with Gasteiger partial charge in [-0.05, 0) is 18.9 Å². The van der Waals surface area contributed by atoms with E-state index in [1.54, 1.807) is 0 Å². The molecule has 0 aliphatic carbocycles. The van der Waals surface area contributed by atoms with Crippen LogP contribution in [-0.2, 0) is 19.9 Å². The summed E-state index contributed by atoms with van der Waals surface area (Å²) in [4.78, 5) is 11.8. The molecule has 7 nitrogen and oxygen atoms in total. The molecular formula is C10H14N2O5S3. The molecule has 0 spiro atoms. The Kier molecular flexibility index (Phi) is 4.19. The molecule has 1 unspecified atom stereocenters. The predicted octanol–water partition coefficient (Wildman–Crippen LogP) is -0.297. The summed E-state index contributed by atoms with van der Waals surface area (Å²) >= 11 is 0.851. The summed E-state index contributed by atoms with van der Waals surface area (Å²) in [7, 11) is -6.93. The molecule has 0 saturated carbocycles. The predicted molar refractivity (Wildman–Crippen MR) is 74.8 cm³/mol. The van der Waals surface area contributed by atoms with Crippen LogP contribution in [0, 0.1) is 0 Å². The van der Waals surface area contributed by atoms with Gasteiger partial charge in [0.2, 0.25) is 10.0 Å². The van der Waals surface area contributed by atoms with E-state index in [0.29, 0.717) is 12.8 Å². The van der Waals surface area contributed by atoms with Crippen molar-refractivity contribution in [1.29, 1.82) is 0 Å². The van der Waals surface area contributed by atoms with Gasteiger partial charge in [0.05, 0.1) is 16.6 Å². The number of amides is 1. The Morgan fingerprint density at radius 3 is 2.70 bits per heavy atom. The molecule has 0 radical (unpaired) electrons. The van der Waals surface area contributed by atoms with Crippen LogP contribution >= 0.6 is 11.3 Å². The average Bonchev–Trinajstić information content (AvgIpc) is 2.91. The lowest BCUT2D eigenvalue weighted by Gasteiger charge is -2.09. The van der Waals surface area contributed by atoms with Gasteiger partial charge >= 0.3 is 0 Å². The summed E-state index contributed by atoms with van der Waals surface area (Å²) < 4.78 is 45.3. The van der Waals surface area contributed by atoms with Crippen molar-refractivity contribution in [3.8, 4) is 0 Å². The van der Waals surface area contributed by atoms with Crippen LogP contribution < -0.4 is 10.5 Å². The highest BCUT2D eigenvalue weighted by Gasteiger charge is 2.31. The van der Waals surface area contributed by atoms with Crippen molar-refractivity contribution in [3.63, 3.8) is 0 Å². The topological polar surface area (TPSA) is 123 Å². The number of nitrogens with one attached hydrogen (secondary N) is 1. The van der Waals surface area contributed by atoms with Crippen molar-refractivity contribution in [2.45, 2.75) is 22.3 Å². The number of carbonyl (C=O) groups is 1. The Balaban J connectivity index is 2.01. The lowest BCUT2D eigenvalue weighted by atomic mass is 10.2. The monoisotopic (exact) mass is 338 g/mol. The highest BCUT2D eigenvalue weighted by molar-refractivity contribution is 7.92. The van der Waals surface area contributed by atoms with E-state index in [9.17, 15) is 21.6 Å². The first-order chi connectivity index (χ1) is 9.20. The van der Waals surface area contributed by atoms with Crippen molar-refractivity contribution in [2.75, 3.05) is 12.3 Å². The van der Waals surface area contributed by atoms with E-state index in [1.807, 2.05) is 0 Å². The van der Waals surface area contributed by atoms with E-state index in [2.05, 4.69) is 5.32 Å². The molecule has 1 fully saturated rings. The maximum atomic E-state index is 11.8. The van der Waals surface area contributed by atoms with Crippen LogP contribution in [0.5, 0.6) is 0 Å². The molecule has 20 heavy (non-hydrogen) atoms. The average molecular weight is 338 g/mol. The molecule has 1 aromatic heterocycles. The second-order valence-corrected chi connectivity index (χ2v) is 9.64. The summed E-state index contributed by atoms with van der Waals surface area (Å²) in [5.41, 5.74) is 0.161. The van der Waals surface area contributed by atoms with Crippen molar-refractivity contribution in [3.05, 3.63) is 17.0 Å². The van der Waals surface area contributed by atoms with Gasteiger partial charge < -0.3 is 5.32 Å². The van der Waals surface area contributed by atoms with Crippen molar-refractivity contribution in [2.24, 2.45) is 5.14 Å². The van der Waals surface area contributed by atoms with Gasteiger partial charge in [-0.15, -0.1) is 11.3 Å². The zero-order valence-electron chi connectivity index (χ0n) is 10.4. The molecule has 2 rings (SSSR count). The molecule has 3 N–H and O–H groups in total. The number of sulfonamides is 1. The molecule has 1 saturated heterocycles. The van der Waals surface area contributed by atoms with E-state index in [4.69, 9.17) is 5.14 Å². The number of thiophene rings is 1. The number of primary sulfonamides is 1. The Morgan fingerprint density at radius 2 is 2.20 bits per heavy atom. The van der Waals surface area contributed by atoms with Crippen LogP contribution in [0.3, 0.4) is 0 Å². The number of hydrogen-bond acceptors (Lipinski definition) is 6. The van der Waals surface area contributed by atoms with Crippen molar-refractivity contribution < 1.29 is 21.6 Å². The minimum atomic E-state index is -3.82. The summed E-state index contributed by atoms with van der Waals surface area (Å²) in [6.45, 7) is 0.0434. The molecule has 0 aromatic carbocycles. The normalized spacial score (nSPS) is 21.8. The maximum absolute atomic E-state index is 11.8. The molecule has 10 heteroatoms. The van der Waals surface area contributed by atoms with E-state index in [0.717, 1.165) is 11.3 Å². The Hall–Kier alpha value is -0.970. The zero-order chi connectivity index (χ0) is 15.0. The third-order valence-electron chi connectivity index (χ3n) is 3.07. The second kappa shape index (κ2) is 5.43. The Morgan fingerprint density at radius 1 is 1.50 bits per heavy atom. The minimum absolute atomic E-state index is 0.0434. The summed E-state index contributed by atoms with van der Waals surface area (Å²) in [6, 6.07) is 1.18. The van der Waals surface area contributed by atoms with E-state index in [-0.39, 0.29) is 22.1 Å². The van der Waals surface area contributed by atoms with Gasteiger partial charge in [-0.2, -0.15) is 0 Å². The molecular weight excluding hydrogens is 324 g/mol. The van der Waals surface area contributed by atoms with E-state index in [1.165, 1.54) is 11.4 Å². The summed E-state index contributed by atoms with van der Waals surface area (Å²) in [6.07, 6.45) is 1.14. The van der Waals surface area contributed by atoms with Crippen molar-refractivity contribution in [1.82, 2.24) is 5.32 Å². The van der Waals surface area contributed by atoms with Crippen LogP contribution in [0.1, 0.15) is 23.2 Å². The highest BCUT2D eigenvalue weighted by atomic mass is 32.2. The lowest BCUT2D eigenvalue weighted by molar-refractivity contribution is 0.0954. The minimum Gasteiger partial charge on any atom is -0.351 e. The van der Waals surface area contributed by atoms with E-state index < -0.39 is 31.0 Å². The quantitative estimate of drug-likeness (QED) is 0.780. The SMILES string of the molecule is NS(=O)(=O)c1cc(C(=O)NCC2CCCS2(=O)=O)cs1. The standard InChI is InChI=1S/C10H14N2O5S3/c11-20(16,17)9-4-7(6-18-9)10(13)12-5-8-2-1-3-19(8,14)15/h4,6,8H,1-3,5H2,(H,12,13)(H2,11,16,17). The first-order valence-corrected chi connectivity index (χ1v) is 9.95. The molecule has 1 aliphatic heterocycles. The number of sulfone groups is 1. The van der Waals surface area contributed by atoms with Crippen LogP contribution in [0.2, 0.25) is 0 Å². The Labute approximate surface area is 121 Å². The fourth-order valence-electron chi connectivity index (χ4n) is 1.98. The van der Waals surface area contributed by atoms with Gasteiger partial charge in [-0.3, -0.25) is 4.79 Å². The molecule has 1 amide bonds. The first-order valence-electron chi connectivity index (χ1n) is 5.81. The molecule has 0 bridgehead atoms. The molecule has 112 valence electrons. The van der Waals surface area contributed by atoms with Crippen LogP contribution in [0.25, 0.3) is 0 Å². The van der Waals surface area contributed by atoms with Crippen LogP contribution in [0.4, 0.5) is 0 Å². The van der Waals surface area contributed by atoms with E-state index >= 15 is 0 Å². The third kappa shape index (κ3) is 3.37. The molecule has 1 aliphatic rings. The number of nitrogens with two attached hydrogens (primary N) is 1. The van der Waals surface area contributed by atoms with Gasteiger partial charge in [0.15, 0.2) is 9.84 Å². The lowest BCUT2D eigenvalue weighted by Crippen LogP contribution is -2.34. The second-order valence-electron chi connectivity index (χ2n) is 4.54. The van der Waals surface area contributed by atoms with Gasteiger partial charge in [-0.1, -0.05) is 0 Å². The van der Waals surface area contributed by atoms with Crippen LogP contribution in [-0.4, -0.2) is 40.3 Å².